The summed E-state index contributed by atoms with van der Waals surface area (Å²) in [6.07, 6.45) is 2.11. The molecule has 1 heterocycles. The summed E-state index contributed by atoms with van der Waals surface area (Å²) in [5.74, 6) is -2.30. The lowest BCUT2D eigenvalue weighted by Gasteiger charge is -2.23. The van der Waals surface area contributed by atoms with Crippen molar-refractivity contribution in [2.75, 3.05) is 28.6 Å². The molecule has 1 saturated heterocycles. The second-order valence-corrected chi connectivity index (χ2v) is 8.24. The topological polar surface area (TPSA) is 73.5 Å². The number of halogens is 2. The van der Waals surface area contributed by atoms with E-state index in [1.165, 1.54) is 6.07 Å². The average Bonchev–Trinajstić information content (AvgIpc) is 3.37. The first-order valence-electron chi connectivity index (χ1n) is 11.2. The number of rotatable bonds is 6. The zero-order chi connectivity index (χ0) is 24.1. The van der Waals surface area contributed by atoms with Crippen molar-refractivity contribution in [3.63, 3.8) is 0 Å². The van der Waals surface area contributed by atoms with E-state index >= 15 is 0 Å². The number of amides is 3. The average molecular weight is 465 g/mol. The van der Waals surface area contributed by atoms with Gasteiger partial charge in [0.15, 0.2) is 11.6 Å². The van der Waals surface area contributed by atoms with Crippen LogP contribution in [0.25, 0.3) is 0 Å². The van der Waals surface area contributed by atoms with Crippen LogP contribution in [0.3, 0.4) is 0 Å². The van der Waals surface area contributed by atoms with Crippen molar-refractivity contribution in [3.05, 3.63) is 89.5 Å². The van der Waals surface area contributed by atoms with Crippen molar-refractivity contribution >= 4 is 29.0 Å². The van der Waals surface area contributed by atoms with Gasteiger partial charge in [0.25, 0.3) is 5.91 Å². The molecular formula is C26H26F2N4O2. The third-order valence-electron chi connectivity index (χ3n) is 5.77. The van der Waals surface area contributed by atoms with Gasteiger partial charge in [-0.2, -0.15) is 0 Å². The Bertz CT molecular complexity index is 1180. The largest absolute Gasteiger partial charge is 0.371 e. The molecule has 0 bridgehead atoms. The Labute approximate surface area is 197 Å². The highest BCUT2D eigenvalue weighted by atomic mass is 19.2. The van der Waals surface area contributed by atoms with Crippen LogP contribution in [0.2, 0.25) is 0 Å². The fourth-order valence-corrected chi connectivity index (χ4v) is 4.00. The minimum atomic E-state index is -1.06. The fourth-order valence-electron chi connectivity index (χ4n) is 4.00. The maximum Gasteiger partial charge on any atom is 0.323 e. The maximum absolute atomic E-state index is 13.4. The van der Waals surface area contributed by atoms with Crippen LogP contribution in [0.15, 0.2) is 66.7 Å². The molecule has 1 aliphatic rings. The van der Waals surface area contributed by atoms with Gasteiger partial charge in [-0.1, -0.05) is 30.3 Å². The molecule has 1 fully saturated rings. The third kappa shape index (κ3) is 5.51. The molecule has 8 heteroatoms. The third-order valence-corrected chi connectivity index (χ3v) is 5.77. The highest BCUT2D eigenvalue weighted by Crippen LogP contribution is 2.28. The second kappa shape index (κ2) is 10.3. The maximum atomic E-state index is 13.4. The summed E-state index contributed by atoms with van der Waals surface area (Å²) < 4.78 is 26.5. The van der Waals surface area contributed by atoms with Gasteiger partial charge in [0.1, 0.15) is 0 Å². The highest BCUT2D eigenvalue weighted by Gasteiger charge is 2.22. The SMILES string of the molecule is CC(NC(=O)c1cc(NC(=O)Nc2ccc(F)c(F)c2)ccc1N1CCCC1)c1ccccc1. The summed E-state index contributed by atoms with van der Waals surface area (Å²) in [7, 11) is 0. The summed E-state index contributed by atoms with van der Waals surface area (Å²) in [5.41, 5.74) is 2.76. The molecule has 1 unspecified atom stereocenters. The van der Waals surface area contributed by atoms with Crippen LogP contribution in [-0.2, 0) is 0 Å². The standard InChI is InChI=1S/C26H26F2N4O2/c1-17(18-7-3-2-4-8-18)29-25(33)21-15-19(10-12-24(21)32-13-5-6-14-32)30-26(34)31-20-9-11-22(27)23(28)16-20/h2-4,7-12,15-17H,5-6,13-14H2,1H3,(H,29,33)(H2,30,31,34). The summed E-state index contributed by atoms with van der Waals surface area (Å²) in [5, 5.41) is 8.16. The van der Waals surface area contributed by atoms with E-state index in [2.05, 4.69) is 20.9 Å². The van der Waals surface area contributed by atoms with Gasteiger partial charge in [-0.15, -0.1) is 0 Å². The number of hydrogen-bond acceptors (Lipinski definition) is 3. The van der Waals surface area contributed by atoms with Gasteiger partial charge in [-0.25, -0.2) is 13.6 Å². The van der Waals surface area contributed by atoms with Gasteiger partial charge in [0.2, 0.25) is 0 Å². The van der Waals surface area contributed by atoms with E-state index in [4.69, 9.17) is 0 Å². The van der Waals surface area contributed by atoms with Crippen molar-refractivity contribution in [2.45, 2.75) is 25.8 Å². The number of benzene rings is 3. The Balaban J connectivity index is 1.53. The first kappa shape index (κ1) is 23.2. The Morgan fingerprint density at radius 3 is 2.18 bits per heavy atom. The van der Waals surface area contributed by atoms with E-state index in [-0.39, 0.29) is 17.6 Å². The molecule has 3 aromatic rings. The number of urea groups is 1. The van der Waals surface area contributed by atoms with Crippen molar-refractivity contribution in [1.29, 1.82) is 0 Å². The van der Waals surface area contributed by atoms with E-state index < -0.39 is 17.7 Å². The van der Waals surface area contributed by atoms with Crippen LogP contribution in [0.4, 0.5) is 30.6 Å². The molecule has 0 aliphatic carbocycles. The molecule has 34 heavy (non-hydrogen) atoms. The molecule has 0 radical (unpaired) electrons. The van der Waals surface area contributed by atoms with E-state index in [1.807, 2.05) is 43.3 Å². The monoisotopic (exact) mass is 464 g/mol. The van der Waals surface area contributed by atoms with Gasteiger partial charge in [-0.05, 0) is 55.7 Å². The van der Waals surface area contributed by atoms with Gasteiger partial charge in [0.05, 0.1) is 11.6 Å². The molecular weight excluding hydrogens is 438 g/mol. The van der Waals surface area contributed by atoms with Gasteiger partial charge in [0, 0.05) is 36.2 Å². The van der Waals surface area contributed by atoms with Crippen LogP contribution in [0.1, 0.15) is 41.7 Å². The van der Waals surface area contributed by atoms with Crippen LogP contribution < -0.4 is 20.9 Å². The van der Waals surface area contributed by atoms with Crippen molar-refractivity contribution in [1.82, 2.24) is 5.32 Å². The van der Waals surface area contributed by atoms with Crippen LogP contribution >= 0.6 is 0 Å². The number of carbonyl (C=O) groups is 2. The van der Waals surface area contributed by atoms with Crippen LogP contribution in [-0.4, -0.2) is 25.0 Å². The molecule has 0 aromatic heterocycles. The number of nitrogens with one attached hydrogen (secondary N) is 3. The molecule has 3 aromatic carbocycles. The van der Waals surface area contributed by atoms with Crippen molar-refractivity contribution < 1.29 is 18.4 Å². The molecule has 6 nitrogen and oxygen atoms in total. The quantitative estimate of drug-likeness (QED) is 0.438. The molecule has 176 valence electrons. The first-order chi connectivity index (χ1) is 16.4. The smallest absolute Gasteiger partial charge is 0.323 e. The number of nitrogens with zero attached hydrogens (tertiary/aromatic N) is 1. The van der Waals surface area contributed by atoms with Gasteiger partial charge < -0.3 is 20.9 Å². The summed E-state index contributed by atoms with van der Waals surface area (Å²) >= 11 is 0. The van der Waals surface area contributed by atoms with Gasteiger partial charge in [-0.3, -0.25) is 4.79 Å². The zero-order valence-corrected chi connectivity index (χ0v) is 18.8. The zero-order valence-electron chi connectivity index (χ0n) is 18.8. The van der Waals surface area contributed by atoms with Crippen LogP contribution in [0, 0.1) is 11.6 Å². The lowest BCUT2D eigenvalue weighted by molar-refractivity contribution is 0.0940. The Kier molecular flexibility index (Phi) is 7.06. The Morgan fingerprint density at radius 2 is 1.50 bits per heavy atom. The Hall–Kier alpha value is -3.94. The number of carbonyl (C=O) groups excluding carboxylic acids is 2. The minimum Gasteiger partial charge on any atom is -0.371 e. The number of hydrogen-bond donors (Lipinski definition) is 3. The number of anilines is 3. The molecule has 0 saturated carbocycles. The van der Waals surface area contributed by atoms with Crippen molar-refractivity contribution in [2.24, 2.45) is 0 Å². The first-order valence-corrected chi connectivity index (χ1v) is 11.2. The fraction of sp³-hybridized carbons (Fsp3) is 0.231. The predicted molar refractivity (Wildman–Crippen MR) is 129 cm³/mol. The lowest BCUT2D eigenvalue weighted by atomic mass is 10.1. The van der Waals surface area contributed by atoms with E-state index in [0.29, 0.717) is 11.3 Å². The normalized spacial score (nSPS) is 13.9. The summed E-state index contributed by atoms with van der Waals surface area (Å²) in [4.78, 5) is 27.8. The molecule has 3 N–H and O–H groups in total. The summed E-state index contributed by atoms with van der Waals surface area (Å²) in [6.45, 7) is 3.63. The Morgan fingerprint density at radius 1 is 0.853 bits per heavy atom. The van der Waals surface area contributed by atoms with Crippen LogP contribution in [0.5, 0.6) is 0 Å². The van der Waals surface area contributed by atoms with E-state index in [1.54, 1.807) is 12.1 Å². The molecule has 3 amide bonds. The molecule has 0 spiro atoms. The van der Waals surface area contributed by atoms with E-state index in [0.717, 1.165) is 49.3 Å². The minimum absolute atomic E-state index is 0.111. The summed E-state index contributed by atoms with van der Waals surface area (Å²) in [6, 6.07) is 17.1. The lowest BCUT2D eigenvalue weighted by Crippen LogP contribution is -2.30. The van der Waals surface area contributed by atoms with Crippen molar-refractivity contribution in [3.8, 4) is 0 Å². The van der Waals surface area contributed by atoms with Gasteiger partial charge >= 0.3 is 6.03 Å². The molecule has 4 rings (SSSR count). The predicted octanol–water partition coefficient (Wildman–Crippen LogP) is 5.70. The molecule has 1 aliphatic heterocycles. The van der Waals surface area contributed by atoms with E-state index in [9.17, 15) is 18.4 Å². The second-order valence-electron chi connectivity index (χ2n) is 8.24. The molecule has 1 atom stereocenters. The highest BCUT2D eigenvalue weighted by molar-refractivity contribution is 6.04.